The van der Waals surface area contributed by atoms with Gasteiger partial charge in [0.1, 0.15) is 12.4 Å². The smallest absolute Gasteiger partial charge is 0.312 e. The lowest BCUT2D eigenvalue weighted by molar-refractivity contribution is -0.148. The minimum Gasteiger partial charge on any atom is -0.492 e. The van der Waals surface area contributed by atoms with Crippen molar-refractivity contribution in [2.45, 2.75) is 33.7 Å². The number of ether oxygens (including phenoxy) is 1. The first-order valence-electron chi connectivity index (χ1n) is 6.42. The van der Waals surface area contributed by atoms with Crippen LogP contribution in [0.25, 0.3) is 0 Å². The second-order valence-electron chi connectivity index (χ2n) is 5.51. The molecule has 0 bridgehead atoms. The molecule has 0 aliphatic heterocycles. The van der Waals surface area contributed by atoms with Gasteiger partial charge in [-0.2, -0.15) is 0 Å². The second kappa shape index (κ2) is 6.06. The maximum absolute atomic E-state index is 11.0. The van der Waals surface area contributed by atoms with Gasteiger partial charge in [-0.1, -0.05) is 12.1 Å². The fourth-order valence-electron chi connectivity index (χ4n) is 1.59. The Hall–Kier alpha value is -1.55. The SMILES string of the molecule is CNC(C)c1ccc(OCC(C)(C)C(=O)O)c(C)c1. The molecule has 0 aliphatic rings. The summed E-state index contributed by atoms with van der Waals surface area (Å²) < 4.78 is 5.63. The predicted octanol–water partition coefficient (Wildman–Crippen LogP) is 2.77. The highest BCUT2D eigenvalue weighted by atomic mass is 16.5. The van der Waals surface area contributed by atoms with E-state index in [1.165, 1.54) is 5.56 Å². The largest absolute Gasteiger partial charge is 0.492 e. The Morgan fingerprint density at radius 2 is 2.11 bits per heavy atom. The number of carboxylic acids is 1. The van der Waals surface area contributed by atoms with E-state index in [2.05, 4.69) is 18.3 Å². The molecule has 19 heavy (non-hydrogen) atoms. The van der Waals surface area contributed by atoms with Crippen LogP contribution in [0.2, 0.25) is 0 Å². The molecule has 0 spiro atoms. The summed E-state index contributed by atoms with van der Waals surface area (Å²) in [6, 6.07) is 6.24. The number of benzene rings is 1. The van der Waals surface area contributed by atoms with Crippen LogP contribution in [0.5, 0.6) is 5.75 Å². The van der Waals surface area contributed by atoms with Gasteiger partial charge in [0.25, 0.3) is 0 Å². The van der Waals surface area contributed by atoms with E-state index in [0.717, 1.165) is 11.3 Å². The lowest BCUT2D eigenvalue weighted by atomic mass is 9.95. The van der Waals surface area contributed by atoms with E-state index in [1.807, 2.05) is 26.1 Å². The zero-order valence-corrected chi connectivity index (χ0v) is 12.3. The third kappa shape index (κ3) is 3.96. The Labute approximate surface area is 114 Å². The number of hydrogen-bond donors (Lipinski definition) is 2. The van der Waals surface area contributed by atoms with E-state index in [1.54, 1.807) is 13.8 Å². The average Bonchev–Trinajstić information content (AvgIpc) is 2.36. The van der Waals surface area contributed by atoms with E-state index in [9.17, 15) is 4.79 Å². The number of carbonyl (C=O) groups is 1. The molecule has 0 saturated carbocycles. The maximum Gasteiger partial charge on any atom is 0.312 e. The lowest BCUT2D eigenvalue weighted by Gasteiger charge is -2.21. The van der Waals surface area contributed by atoms with Gasteiger partial charge in [-0.05, 0) is 51.9 Å². The van der Waals surface area contributed by atoms with Crippen LogP contribution >= 0.6 is 0 Å². The molecule has 0 saturated heterocycles. The molecule has 0 amide bonds. The summed E-state index contributed by atoms with van der Waals surface area (Å²) in [6.07, 6.45) is 0. The maximum atomic E-state index is 11.0. The number of aryl methyl sites for hydroxylation is 1. The van der Waals surface area contributed by atoms with Crippen LogP contribution in [-0.2, 0) is 4.79 Å². The van der Waals surface area contributed by atoms with Crippen molar-refractivity contribution in [1.82, 2.24) is 5.32 Å². The number of aliphatic carboxylic acids is 1. The average molecular weight is 265 g/mol. The van der Waals surface area contributed by atoms with Crippen LogP contribution in [0.15, 0.2) is 18.2 Å². The van der Waals surface area contributed by atoms with E-state index in [4.69, 9.17) is 9.84 Å². The Morgan fingerprint density at radius 3 is 2.58 bits per heavy atom. The van der Waals surface area contributed by atoms with Crippen LogP contribution in [0.3, 0.4) is 0 Å². The van der Waals surface area contributed by atoms with E-state index in [-0.39, 0.29) is 12.6 Å². The molecule has 4 heteroatoms. The second-order valence-corrected chi connectivity index (χ2v) is 5.51. The summed E-state index contributed by atoms with van der Waals surface area (Å²) in [5.74, 6) is -0.119. The fourth-order valence-corrected chi connectivity index (χ4v) is 1.59. The normalized spacial score (nSPS) is 13.1. The molecule has 1 unspecified atom stereocenters. The molecule has 0 aliphatic carbocycles. The van der Waals surface area contributed by atoms with Gasteiger partial charge in [-0.25, -0.2) is 0 Å². The number of nitrogens with one attached hydrogen (secondary N) is 1. The van der Waals surface area contributed by atoms with Crippen molar-refractivity contribution >= 4 is 5.97 Å². The molecule has 1 rings (SSSR count). The first-order valence-corrected chi connectivity index (χ1v) is 6.42. The lowest BCUT2D eigenvalue weighted by Crippen LogP contribution is -2.30. The predicted molar refractivity (Wildman–Crippen MR) is 75.6 cm³/mol. The number of hydrogen-bond acceptors (Lipinski definition) is 3. The summed E-state index contributed by atoms with van der Waals surface area (Å²) in [6.45, 7) is 7.52. The van der Waals surface area contributed by atoms with Crippen LogP contribution in [0.4, 0.5) is 0 Å². The monoisotopic (exact) mass is 265 g/mol. The molecular weight excluding hydrogens is 242 g/mol. The standard InChI is InChI=1S/C15H23NO3/c1-10-8-12(11(2)16-5)6-7-13(10)19-9-15(3,4)14(17)18/h6-8,11,16H,9H2,1-5H3,(H,17,18). The van der Waals surface area contributed by atoms with Gasteiger partial charge in [-0.3, -0.25) is 4.79 Å². The Kier molecular flexibility index (Phi) is 4.95. The summed E-state index contributed by atoms with van der Waals surface area (Å²) in [5.41, 5.74) is 1.31. The minimum atomic E-state index is -0.886. The van der Waals surface area contributed by atoms with Crippen LogP contribution in [0, 0.1) is 12.3 Å². The van der Waals surface area contributed by atoms with Crippen molar-refractivity contribution < 1.29 is 14.6 Å². The van der Waals surface area contributed by atoms with Gasteiger partial charge >= 0.3 is 5.97 Å². The van der Waals surface area contributed by atoms with Gasteiger partial charge in [0.05, 0.1) is 5.41 Å². The van der Waals surface area contributed by atoms with Crippen LogP contribution in [-0.4, -0.2) is 24.7 Å². The fraction of sp³-hybridized carbons (Fsp3) is 0.533. The van der Waals surface area contributed by atoms with Crippen molar-refractivity contribution in [3.8, 4) is 5.75 Å². The molecule has 1 atom stereocenters. The molecule has 0 aromatic heterocycles. The van der Waals surface area contributed by atoms with Crippen molar-refractivity contribution in [1.29, 1.82) is 0 Å². The van der Waals surface area contributed by atoms with Crippen molar-refractivity contribution in [3.05, 3.63) is 29.3 Å². The summed E-state index contributed by atoms with van der Waals surface area (Å²) in [7, 11) is 1.92. The molecule has 0 heterocycles. The van der Waals surface area contributed by atoms with Crippen LogP contribution < -0.4 is 10.1 Å². The Bertz CT molecular complexity index is 455. The van der Waals surface area contributed by atoms with Crippen molar-refractivity contribution in [2.75, 3.05) is 13.7 Å². The molecule has 1 aromatic carbocycles. The number of carboxylic acid groups (broad SMARTS) is 1. The number of rotatable bonds is 6. The highest BCUT2D eigenvalue weighted by molar-refractivity contribution is 5.73. The minimum absolute atomic E-state index is 0.157. The third-order valence-electron chi connectivity index (χ3n) is 3.30. The molecule has 4 nitrogen and oxygen atoms in total. The molecule has 0 fully saturated rings. The van der Waals surface area contributed by atoms with Gasteiger partial charge in [0.15, 0.2) is 0 Å². The quantitative estimate of drug-likeness (QED) is 0.830. The molecule has 0 radical (unpaired) electrons. The Morgan fingerprint density at radius 1 is 1.47 bits per heavy atom. The van der Waals surface area contributed by atoms with E-state index < -0.39 is 11.4 Å². The molecule has 2 N–H and O–H groups in total. The summed E-state index contributed by atoms with van der Waals surface area (Å²) >= 11 is 0. The molecule has 1 aromatic rings. The zero-order valence-electron chi connectivity index (χ0n) is 12.3. The summed E-state index contributed by atoms with van der Waals surface area (Å²) in [5, 5.41) is 12.2. The highest BCUT2D eigenvalue weighted by Crippen LogP contribution is 2.25. The first kappa shape index (κ1) is 15.5. The first-order chi connectivity index (χ1) is 8.77. The topological polar surface area (TPSA) is 58.6 Å². The van der Waals surface area contributed by atoms with Crippen LogP contribution in [0.1, 0.15) is 37.9 Å². The van der Waals surface area contributed by atoms with E-state index in [0.29, 0.717) is 0 Å². The molecular formula is C15H23NO3. The third-order valence-corrected chi connectivity index (χ3v) is 3.30. The van der Waals surface area contributed by atoms with E-state index >= 15 is 0 Å². The van der Waals surface area contributed by atoms with Gasteiger partial charge in [0, 0.05) is 6.04 Å². The Balaban J connectivity index is 2.78. The summed E-state index contributed by atoms with van der Waals surface area (Å²) in [4.78, 5) is 11.0. The molecule has 106 valence electrons. The van der Waals surface area contributed by atoms with Gasteiger partial charge in [0.2, 0.25) is 0 Å². The van der Waals surface area contributed by atoms with Crippen molar-refractivity contribution in [3.63, 3.8) is 0 Å². The van der Waals surface area contributed by atoms with Gasteiger partial charge in [-0.15, -0.1) is 0 Å². The van der Waals surface area contributed by atoms with Crippen molar-refractivity contribution in [2.24, 2.45) is 5.41 Å². The highest BCUT2D eigenvalue weighted by Gasteiger charge is 2.28. The zero-order chi connectivity index (χ0) is 14.6. The van der Waals surface area contributed by atoms with Gasteiger partial charge < -0.3 is 15.2 Å².